The second-order valence-corrected chi connectivity index (χ2v) is 5.73. The van der Waals surface area contributed by atoms with Crippen molar-refractivity contribution in [2.24, 2.45) is 22.7 Å². The van der Waals surface area contributed by atoms with Crippen LogP contribution in [0.5, 0.6) is 0 Å². The minimum Gasteiger partial charge on any atom is -0.409 e. The molecule has 1 aromatic heterocycles. The number of fused-ring (bicyclic) bond motifs is 1. The SMILES string of the molecule is CC(C)C(C(=O)Nc1c(Cl)ccc2nsnc12)C(N)=NO. The topological polar surface area (TPSA) is 113 Å². The van der Waals surface area contributed by atoms with Crippen molar-refractivity contribution in [2.75, 3.05) is 5.32 Å². The van der Waals surface area contributed by atoms with Gasteiger partial charge in [-0.15, -0.1) is 0 Å². The van der Waals surface area contributed by atoms with Gasteiger partial charge in [0.1, 0.15) is 17.0 Å². The first-order valence-electron chi connectivity index (χ1n) is 6.14. The molecular weight excluding hydrogens is 314 g/mol. The zero-order chi connectivity index (χ0) is 15.6. The van der Waals surface area contributed by atoms with Crippen LogP contribution in [-0.2, 0) is 4.79 Å². The van der Waals surface area contributed by atoms with E-state index in [0.717, 1.165) is 11.7 Å². The summed E-state index contributed by atoms with van der Waals surface area (Å²) in [4.78, 5) is 12.4. The van der Waals surface area contributed by atoms with Gasteiger partial charge in [-0.25, -0.2) is 0 Å². The van der Waals surface area contributed by atoms with Crippen LogP contribution in [0.15, 0.2) is 17.3 Å². The summed E-state index contributed by atoms with van der Waals surface area (Å²) >= 11 is 7.14. The highest BCUT2D eigenvalue weighted by Crippen LogP contribution is 2.30. The van der Waals surface area contributed by atoms with Gasteiger partial charge < -0.3 is 16.3 Å². The molecule has 0 aliphatic carbocycles. The predicted octanol–water partition coefficient (Wildman–Crippen LogP) is 2.30. The van der Waals surface area contributed by atoms with Gasteiger partial charge in [0, 0.05) is 0 Å². The van der Waals surface area contributed by atoms with Crippen LogP contribution in [0, 0.1) is 11.8 Å². The van der Waals surface area contributed by atoms with Crippen molar-refractivity contribution in [1.82, 2.24) is 8.75 Å². The summed E-state index contributed by atoms with van der Waals surface area (Å²) < 4.78 is 8.21. The fraction of sp³-hybridized carbons (Fsp3) is 0.333. The standard InChI is InChI=1S/C12H14ClN5O2S/c1-5(2)8(11(14)16-20)12(19)15-9-6(13)3-4-7-10(9)18-21-17-7/h3-5,8,20H,1-2H3,(H2,14,16)(H,15,19). The number of carbonyl (C=O) groups excluding carboxylic acids is 1. The lowest BCUT2D eigenvalue weighted by molar-refractivity contribution is -0.119. The molecule has 1 atom stereocenters. The van der Waals surface area contributed by atoms with E-state index in [9.17, 15) is 4.79 Å². The third kappa shape index (κ3) is 3.06. The first-order valence-corrected chi connectivity index (χ1v) is 7.25. The third-order valence-electron chi connectivity index (χ3n) is 3.01. The minimum atomic E-state index is -0.770. The molecule has 112 valence electrons. The minimum absolute atomic E-state index is 0.146. The molecule has 7 nitrogen and oxygen atoms in total. The lowest BCUT2D eigenvalue weighted by Gasteiger charge is -2.19. The molecule has 1 aromatic carbocycles. The van der Waals surface area contributed by atoms with E-state index in [1.54, 1.807) is 26.0 Å². The van der Waals surface area contributed by atoms with E-state index in [-0.39, 0.29) is 11.8 Å². The molecule has 9 heteroatoms. The number of hydrogen-bond acceptors (Lipinski definition) is 6. The summed E-state index contributed by atoms with van der Waals surface area (Å²) in [5, 5.41) is 14.8. The van der Waals surface area contributed by atoms with Gasteiger partial charge in [0.2, 0.25) is 5.91 Å². The largest absolute Gasteiger partial charge is 0.409 e. The number of benzene rings is 1. The Hall–Kier alpha value is -1.93. The maximum atomic E-state index is 12.4. The van der Waals surface area contributed by atoms with Gasteiger partial charge in [-0.3, -0.25) is 4.79 Å². The first kappa shape index (κ1) is 15.5. The van der Waals surface area contributed by atoms with Gasteiger partial charge in [-0.2, -0.15) is 8.75 Å². The molecule has 0 saturated carbocycles. The molecule has 2 rings (SSSR count). The Morgan fingerprint density at radius 3 is 2.81 bits per heavy atom. The molecule has 0 bridgehead atoms. The Labute approximate surface area is 130 Å². The molecule has 2 aromatic rings. The fourth-order valence-electron chi connectivity index (χ4n) is 1.99. The number of amides is 1. The van der Waals surface area contributed by atoms with Crippen LogP contribution >= 0.6 is 23.3 Å². The molecule has 0 radical (unpaired) electrons. The van der Waals surface area contributed by atoms with Crippen molar-refractivity contribution in [3.8, 4) is 0 Å². The number of hydrogen-bond donors (Lipinski definition) is 3. The normalized spacial score (nSPS) is 13.6. The lowest BCUT2D eigenvalue weighted by atomic mass is 9.93. The highest BCUT2D eigenvalue weighted by molar-refractivity contribution is 7.00. The Morgan fingerprint density at radius 1 is 1.48 bits per heavy atom. The maximum absolute atomic E-state index is 12.4. The molecule has 0 spiro atoms. The van der Waals surface area contributed by atoms with Crippen molar-refractivity contribution in [3.05, 3.63) is 17.2 Å². The van der Waals surface area contributed by atoms with Gasteiger partial charge in [-0.1, -0.05) is 30.6 Å². The van der Waals surface area contributed by atoms with Gasteiger partial charge in [0.15, 0.2) is 5.84 Å². The van der Waals surface area contributed by atoms with Crippen molar-refractivity contribution < 1.29 is 10.0 Å². The van der Waals surface area contributed by atoms with Crippen LogP contribution in [0.2, 0.25) is 5.02 Å². The number of oxime groups is 1. The van der Waals surface area contributed by atoms with E-state index in [4.69, 9.17) is 22.5 Å². The summed E-state index contributed by atoms with van der Waals surface area (Å²) in [7, 11) is 0. The van der Waals surface area contributed by atoms with Crippen molar-refractivity contribution in [2.45, 2.75) is 13.8 Å². The van der Waals surface area contributed by atoms with E-state index in [1.165, 1.54) is 0 Å². The molecule has 0 aliphatic rings. The number of halogens is 1. The molecule has 0 fully saturated rings. The number of carbonyl (C=O) groups is 1. The van der Waals surface area contributed by atoms with Crippen LogP contribution < -0.4 is 11.1 Å². The van der Waals surface area contributed by atoms with E-state index in [0.29, 0.717) is 21.7 Å². The van der Waals surface area contributed by atoms with Gasteiger partial charge in [0.25, 0.3) is 0 Å². The third-order valence-corrected chi connectivity index (χ3v) is 3.87. The molecule has 4 N–H and O–H groups in total. The van der Waals surface area contributed by atoms with E-state index in [2.05, 4.69) is 19.2 Å². The van der Waals surface area contributed by atoms with E-state index < -0.39 is 11.8 Å². The summed E-state index contributed by atoms with van der Waals surface area (Å²) in [6.07, 6.45) is 0. The first-order chi connectivity index (χ1) is 9.95. The Bertz CT molecular complexity index is 700. The fourth-order valence-corrected chi connectivity index (χ4v) is 2.73. The summed E-state index contributed by atoms with van der Waals surface area (Å²) in [6, 6.07) is 3.36. The number of rotatable bonds is 4. The number of nitrogens with two attached hydrogens (primary N) is 1. The molecule has 21 heavy (non-hydrogen) atoms. The number of nitrogens with zero attached hydrogens (tertiary/aromatic N) is 3. The highest BCUT2D eigenvalue weighted by Gasteiger charge is 2.28. The quantitative estimate of drug-likeness (QED) is 0.345. The van der Waals surface area contributed by atoms with Crippen LogP contribution in [0.3, 0.4) is 0 Å². The average Bonchev–Trinajstić information content (AvgIpc) is 2.90. The molecular formula is C12H14ClN5O2S. The summed E-state index contributed by atoms with van der Waals surface area (Å²) in [6.45, 7) is 3.60. The predicted molar refractivity (Wildman–Crippen MR) is 82.8 cm³/mol. The number of amidine groups is 1. The van der Waals surface area contributed by atoms with Gasteiger partial charge in [-0.05, 0) is 18.1 Å². The van der Waals surface area contributed by atoms with Crippen molar-refractivity contribution >= 4 is 51.8 Å². The lowest BCUT2D eigenvalue weighted by Crippen LogP contribution is -2.38. The van der Waals surface area contributed by atoms with Crippen LogP contribution in [0.1, 0.15) is 13.8 Å². The molecule has 1 amide bonds. The van der Waals surface area contributed by atoms with E-state index in [1.807, 2.05) is 0 Å². The highest BCUT2D eigenvalue weighted by atomic mass is 35.5. The summed E-state index contributed by atoms with van der Waals surface area (Å²) in [5.41, 5.74) is 7.12. The average molecular weight is 328 g/mol. The van der Waals surface area contributed by atoms with Gasteiger partial charge >= 0.3 is 0 Å². The molecule has 0 saturated heterocycles. The molecule has 1 unspecified atom stereocenters. The zero-order valence-corrected chi connectivity index (χ0v) is 12.9. The Kier molecular flexibility index (Phi) is 4.59. The number of aromatic nitrogens is 2. The molecule has 1 heterocycles. The Morgan fingerprint density at radius 2 is 2.19 bits per heavy atom. The number of nitrogens with one attached hydrogen (secondary N) is 1. The van der Waals surface area contributed by atoms with Crippen molar-refractivity contribution in [1.29, 1.82) is 0 Å². The maximum Gasteiger partial charge on any atom is 0.235 e. The van der Waals surface area contributed by atoms with Crippen LogP contribution in [-0.4, -0.2) is 25.7 Å². The van der Waals surface area contributed by atoms with Gasteiger partial charge in [0.05, 0.1) is 22.4 Å². The zero-order valence-electron chi connectivity index (χ0n) is 11.4. The second kappa shape index (κ2) is 6.23. The van der Waals surface area contributed by atoms with Crippen LogP contribution in [0.4, 0.5) is 5.69 Å². The second-order valence-electron chi connectivity index (χ2n) is 4.79. The summed E-state index contributed by atoms with van der Waals surface area (Å²) in [5.74, 6) is -1.48. The monoisotopic (exact) mass is 327 g/mol. The van der Waals surface area contributed by atoms with Crippen LogP contribution in [0.25, 0.3) is 11.0 Å². The Balaban J connectivity index is 2.37. The van der Waals surface area contributed by atoms with E-state index >= 15 is 0 Å². The van der Waals surface area contributed by atoms with Crippen molar-refractivity contribution in [3.63, 3.8) is 0 Å². The molecule has 0 aliphatic heterocycles. The smallest absolute Gasteiger partial charge is 0.235 e. The number of anilines is 1.